The van der Waals surface area contributed by atoms with Gasteiger partial charge in [0.2, 0.25) is 20.9 Å². The summed E-state index contributed by atoms with van der Waals surface area (Å²) in [6.07, 6.45) is 4.20. The van der Waals surface area contributed by atoms with E-state index in [9.17, 15) is 13.2 Å². The van der Waals surface area contributed by atoms with E-state index in [0.717, 1.165) is 6.42 Å². The highest BCUT2D eigenvalue weighted by molar-refractivity contribution is 7.91. The lowest BCUT2D eigenvalue weighted by Gasteiger charge is -2.32. The second-order valence-corrected chi connectivity index (χ2v) is 10.4. The molecule has 1 atom stereocenters. The number of alkyl halides is 1. The minimum atomic E-state index is -3.75. The van der Waals surface area contributed by atoms with Gasteiger partial charge in [0.1, 0.15) is 5.88 Å². The Morgan fingerprint density at radius 2 is 1.82 bits per heavy atom. The van der Waals surface area contributed by atoms with Gasteiger partial charge in [-0.2, -0.15) is 0 Å². The second-order valence-electron chi connectivity index (χ2n) is 8.19. The molecule has 0 unspecified atom stereocenters. The second kappa shape index (κ2) is 7.55. The van der Waals surface area contributed by atoms with Crippen molar-refractivity contribution in [2.45, 2.75) is 62.9 Å². The van der Waals surface area contributed by atoms with E-state index in [1.54, 1.807) is 0 Å². The van der Waals surface area contributed by atoms with E-state index in [0.29, 0.717) is 18.4 Å². The number of likely N-dealkylation sites (tertiary alicyclic amines) is 1. The van der Waals surface area contributed by atoms with Gasteiger partial charge in [-0.3, -0.25) is 4.79 Å². The summed E-state index contributed by atoms with van der Waals surface area (Å²) in [5, 5.41) is -0.266. The Kier molecular flexibility index (Phi) is 5.79. The Morgan fingerprint density at radius 3 is 2.36 bits per heavy atom. The molecule has 0 aliphatic carbocycles. The molecular weight excluding hydrogens is 405 g/mol. The summed E-state index contributed by atoms with van der Waals surface area (Å²) in [5.74, 6) is -0.627. The van der Waals surface area contributed by atoms with Crippen molar-refractivity contribution < 1.29 is 22.5 Å². The number of nitrogens with zero attached hydrogens (tertiary/aromatic N) is 3. The van der Waals surface area contributed by atoms with Crippen LogP contribution in [0.25, 0.3) is 0 Å². The molecule has 3 rings (SSSR count). The molecule has 0 spiro atoms. The molecule has 154 valence electrons. The van der Waals surface area contributed by atoms with Crippen molar-refractivity contribution in [3.05, 3.63) is 12.4 Å². The Labute approximate surface area is 171 Å². The van der Waals surface area contributed by atoms with Crippen LogP contribution < -0.4 is 5.46 Å². The van der Waals surface area contributed by atoms with Crippen molar-refractivity contribution in [3.8, 4) is 0 Å². The van der Waals surface area contributed by atoms with Gasteiger partial charge in [0, 0.05) is 30.4 Å². The van der Waals surface area contributed by atoms with Crippen LogP contribution in [0.5, 0.6) is 0 Å². The Balaban J connectivity index is 1.73. The maximum Gasteiger partial charge on any atom is 0.498 e. The van der Waals surface area contributed by atoms with Crippen LogP contribution in [0.2, 0.25) is 0 Å². The van der Waals surface area contributed by atoms with Crippen LogP contribution in [0.15, 0.2) is 17.6 Å². The zero-order valence-electron chi connectivity index (χ0n) is 16.5. The third kappa shape index (κ3) is 4.05. The lowest BCUT2D eigenvalue weighted by molar-refractivity contribution is -0.128. The van der Waals surface area contributed by atoms with E-state index in [1.165, 1.54) is 17.3 Å². The molecule has 1 amide bonds. The van der Waals surface area contributed by atoms with Crippen LogP contribution in [-0.4, -0.2) is 71.7 Å². The van der Waals surface area contributed by atoms with Gasteiger partial charge >= 0.3 is 7.12 Å². The first-order chi connectivity index (χ1) is 13.0. The zero-order chi connectivity index (χ0) is 20.7. The zero-order valence-corrected chi connectivity index (χ0v) is 18.1. The minimum Gasteiger partial charge on any atom is -0.399 e. The van der Waals surface area contributed by atoms with Crippen LogP contribution in [0.3, 0.4) is 0 Å². The predicted octanol–water partition coefficient (Wildman–Crippen LogP) is 0.779. The van der Waals surface area contributed by atoms with Gasteiger partial charge in [-0.05, 0) is 40.5 Å². The quantitative estimate of drug-likeness (QED) is 0.387. The maximum atomic E-state index is 12.7. The monoisotopic (exact) mass is 429 g/mol. The standard InChI is InChI=1S/C17H25BClN3O5S/c1-16(2)17(3,4)27-18(26-16)12-9-20-15(21-10-12)28(24,25)11-13-6-5-7-22(13)14(23)8-19/h9-10,13H,5-8,11H2,1-4H3/t13-/m0/s1. The van der Waals surface area contributed by atoms with Gasteiger partial charge in [-0.1, -0.05) is 0 Å². The van der Waals surface area contributed by atoms with Gasteiger partial charge in [0.05, 0.1) is 17.0 Å². The summed E-state index contributed by atoms with van der Waals surface area (Å²) >= 11 is 5.62. The fourth-order valence-corrected chi connectivity index (χ4v) is 4.91. The van der Waals surface area contributed by atoms with Crippen LogP contribution in [0, 0.1) is 0 Å². The van der Waals surface area contributed by atoms with Crippen LogP contribution >= 0.6 is 11.6 Å². The van der Waals surface area contributed by atoms with Crippen molar-refractivity contribution >= 4 is 39.9 Å². The van der Waals surface area contributed by atoms with Crippen molar-refractivity contribution in [1.29, 1.82) is 0 Å². The molecule has 0 radical (unpaired) electrons. The van der Waals surface area contributed by atoms with Crippen molar-refractivity contribution in [2.24, 2.45) is 0 Å². The molecule has 0 saturated carbocycles. The fourth-order valence-electron chi connectivity index (χ4n) is 3.33. The molecule has 2 aliphatic heterocycles. The summed E-state index contributed by atoms with van der Waals surface area (Å²) in [4.78, 5) is 21.5. The first kappa shape index (κ1) is 21.5. The third-order valence-corrected chi connectivity index (χ3v) is 7.49. The van der Waals surface area contributed by atoms with E-state index in [-0.39, 0.29) is 22.7 Å². The molecule has 0 aromatic carbocycles. The van der Waals surface area contributed by atoms with E-state index in [2.05, 4.69) is 9.97 Å². The number of carbonyl (C=O) groups excluding carboxylic acids is 1. The van der Waals surface area contributed by atoms with Crippen molar-refractivity contribution in [3.63, 3.8) is 0 Å². The van der Waals surface area contributed by atoms with Crippen molar-refractivity contribution in [2.75, 3.05) is 18.2 Å². The SMILES string of the molecule is CC1(C)OB(c2cnc(S(=O)(=O)C[C@@H]3CCCN3C(=O)CCl)nc2)OC1(C)C. The number of rotatable bonds is 5. The molecule has 1 aromatic rings. The maximum absolute atomic E-state index is 12.7. The Bertz CT molecular complexity index is 831. The van der Waals surface area contributed by atoms with Gasteiger partial charge in [0.15, 0.2) is 0 Å². The Hall–Kier alpha value is -1.23. The highest BCUT2D eigenvalue weighted by atomic mass is 35.5. The number of hydrogen-bond donors (Lipinski definition) is 0. The molecule has 0 N–H and O–H groups in total. The topological polar surface area (TPSA) is 98.7 Å². The number of amides is 1. The minimum absolute atomic E-state index is 0.157. The summed E-state index contributed by atoms with van der Waals surface area (Å²) in [6.45, 7) is 8.25. The largest absolute Gasteiger partial charge is 0.498 e. The summed E-state index contributed by atoms with van der Waals surface area (Å²) in [7, 11) is -4.40. The number of aromatic nitrogens is 2. The molecule has 2 saturated heterocycles. The van der Waals surface area contributed by atoms with Gasteiger partial charge in [0.25, 0.3) is 0 Å². The predicted molar refractivity (Wildman–Crippen MR) is 105 cm³/mol. The van der Waals surface area contributed by atoms with Crippen LogP contribution in [0.4, 0.5) is 0 Å². The third-order valence-electron chi connectivity index (χ3n) is 5.68. The highest BCUT2D eigenvalue weighted by Gasteiger charge is 2.52. The molecule has 11 heteroatoms. The van der Waals surface area contributed by atoms with Gasteiger partial charge < -0.3 is 14.2 Å². The molecule has 2 fully saturated rings. The molecule has 2 aliphatic rings. The molecular formula is C17H25BClN3O5S. The molecule has 1 aromatic heterocycles. The molecule has 8 nitrogen and oxygen atoms in total. The number of halogens is 1. The fraction of sp³-hybridized carbons (Fsp3) is 0.706. The lowest BCUT2D eigenvalue weighted by atomic mass is 9.81. The van der Waals surface area contributed by atoms with E-state index in [4.69, 9.17) is 20.9 Å². The normalized spacial score (nSPS) is 24.0. The van der Waals surface area contributed by atoms with Crippen molar-refractivity contribution in [1.82, 2.24) is 14.9 Å². The number of carbonyl (C=O) groups is 1. The first-order valence-corrected chi connectivity index (χ1v) is 11.4. The van der Waals surface area contributed by atoms with E-state index >= 15 is 0 Å². The average molecular weight is 430 g/mol. The Morgan fingerprint density at radius 1 is 1.25 bits per heavy atom. The first-order valence-electron chi connectivity index (χ1n) is 9.22. The summed E-state index contributed by atoms with van der Waals surface area (Å²) in [5.41, 5.74) is -0.468. The molecule has 0 bridgehead atoms. The summed E-state index contributed by atoms with van der Waals surface area (Å²) in [6, 6.07) is -0.400. The average Bonchev–Trinajstić information content (AvgIpc) is 3.15. The van der Waals surface area contributed by atoms with Crippen LogP contribution in [0.1, 0.15) is 40.5 Å². The highest BCUT2D eigenvalue weighted by Crippen LogP contribution is 2.36. The molecule has 28 heavy (non-hydrogen) atoms. The molecule has 3 heterocycles. The number of hydrogen-bond acceptors (Lipinski definition) is 7. The lowest BCUT2D eigenvalue weighted by Crippen LogP contribution is -2.41. The van der Waals surface area contributed by atoms with Gasteiger partial charge in [-0.15, -0.1) is 11.6 Å². The van der Waals surface area contributed by atoms with Gasteiger partial charge in [-0.25, -0.2) is 18.4 Å². The van der Waals surface area contributed by atoms with Crippen LogP contribution in [-0.2, 0) is 23.9 Å². The van der Waals surface area contributed by atoms with E-state index < -0.39 is 34.2 Å². The smallest absolute Gasteiger partial charge is 0.399 e. The van der Waals surface area contributed by atoms with E-state index in [1.807, 2.05) is 27.7 Å². The summed E-state index contributed by atoms with van der Waals surface area (Å²) < 4.78 is 37.3. The number of sulfone groups is 1.